The number of nitrogens with one attached hydrogen (secondary N) is 1. The second-order valence-corrected chi connectivity index (χ2v) is 5.74. The van der Waals surface area contributed by atoms with Crippen LogP contribution in [0.3, 0.4) is 0 Å². The van der Waals surface area contributed by atoms with Gasteiger partial charge < -0.3 is 10.2 Å². The highest BCUT2D eigenvalue weighted by Gasteiger charge is 2.41. The molecule has 1 saturated carbocycles. The SMILES string of the molecule is CNC(=O)C[C@H]1C(=O)N(C2CCCCC2)C[C@@H]1C. The lowest BCUT2D eigenvalue weighted by atomic mass is 9.93. The standard InChI is InChI=1S/C14H24N2O2/c1-10-9-16(11-6-4-3-5-7-11)14(18)12(10)8-13(17)15-2/h10-12H,3-9H2,1-2H3,(H,15,17)/t10-,12+/m0/s1. The van der Waals surface area contributed by atoms with E-state index in [1.807, 2.05) is 0 Å². The van der Waals surface area contributed by atoms with Gasteiger partial charge in [0.05, 0.1) is 5.92 Å². The summed E-state index contributed by atoms with van der Waals surface area (Å²) >= 11 is 0. The Hall–Kier alpha value is -1.06. The molecular weight excluding hydrogens is 228 g/mol. The van der Waals surface area contributed by atoms with Gasteiger partial charge in [0.1, 0.15) is 0 Å². The molecule has 0 aromatic rings. The summed E-state index contributed by atoms with van der Waals surface area (Å²) in [5.41, 5.74) is 0. The molecule has 1 saturated heterocycles. The van der Waals surface area contributed by atoms with E-state index in [-0.39, 0.29) is 17.7 Å². The van der Waals surface area contributed by atoms with E-state index in [1.165, 1.54) is 19.3 Å². The Kier molecular flexibility index (Phi) is 4.25. The van der Waals surface area contributed by atoms with Gasteiger partial charge in [0.25, 0.3) is 0 Å². The average molecular weight is 252 g/mol. The molecule has 0 aromatic heterocycles. The number of hydrogen-bond donors (Lipinski definition) is 1. The van der Waals surface area contributed by atoms with Crippen molar-refractivity contribution in [3.8, 4) is 0 Å². The topological polar surface area (TPSA) is 49.4 Å². The van der Waals surface area contributed by atoms with Gasteiger partial charge in [-0.3, -0.25) is 9.59 Å². The first kappa shape index (κ1) is 13.4. The normalized spacial score (nSPS) is 29.7. The zero-order valence-electron chi connectivity index (χ0n) is 11.4. The van der Waals surface area contributed by atoms with Gasteiger partial charge in [0.2, 0.25) is 11.8 Å². The summed E-state index contributed by atoms with van der Waals surface area (Å²) in [4.78, 5) is 25.9. The molecule has 2 aliphatic rings. The van der Waals surface area contributed by atoms with Crippen molar-refractivity contribution in [1.82, 2.24) is 10.2 Å². The average Bonchev–Trinajstić information content (AvgIpc) is 2.67. The van der Waals surface area contributed by atoms with Gasteiger partial charge >= 0.3 is 0 Å². The number of carbonyl (C=O) groups excluding carboxylic acids is 2. The molecule has 1 aliphatic carbocycles. The van der Waals surface area contributed by atoms with Crippen LogP contribution >= 0.6 is 0 Å². The first-order valence-corrected chi connectivity index (χ1v) is 7.14. The van der Waals surface area contributed by atoms with Crippen LogP contribution in [-0.4, -0.2) is 36.3 Å². The molecule has 0 aromatic carbocycles. The maximum Gasteiger partial charge on any atom is 0.226 e. The maximum atomic E-state index is 12.4. The van der Waals surface area contributed by atoms with Crippen LogP contribution in [-0.2, 0) is 9.59 Å². The van der Waals surface area contributed by atoms with E-state index in [9.17, 15) is 9.59 Å². The lowest BCUT2D eigenvalue weighted by molar-refractivity contribution is -0.136. The molecule has 102 valence electrons. The molecule has 2 atom stereocenters. The van der Waals surface area contributed by atoms with E-state index in [0.29, 0.717) is 18.4 Å². The van der Waals surface area contributed by atoms with Crippen LogP contribution in [0.1, 0.15) is 45.4 Å². The van der Waals surface area contributed by atoms with Crippen molar-refractivity contribution < 1.29 is 9.59 Å². The third kappa shape index (κ3) is 2.68. The Morgan fingerprint density at radius 1 is 1.33 bits per heavy atom. The summed E-state index contributed by atoms with van der Waals surface area (Å²) in [5, 5.41) is 2.62. The van der Waals surface area contributed by atoms with Gasteiger partial charge in [-0.25, -0.2) is 0 Å². The first-order valence-electron chi connectivity index (χ1n) is 7.14. The first-order chi connectivity index (χ1) is 8.63. The fourth-order valence-electron chi connectivity index (χ4n) is 3.30. The summed E-state index contributed by atoms with van der Waals surface area (Å²) < 4.78 is 0. The van der Waals surface area contributed by atoms with Crippen molar-refractivity contribution in [2.24, 2.45) is 11.8 Å². The molecule has 4 heteroatoms. The maximum absolute atomic E-state index is 12.4. The second-order valence-electron chi connectivity index (χ2n) is 5.74. The molecular formula is C14H24N2O2. The fourth-order valence-corrected chi connectivity index (χ4v) is 3.30. The van der Waals surface area contributed by atoms with E-state index in [4.69, 9.17) is 0 Å². The van der Waals surface area contributed by atoms with Crippen LogP contribution in [0.2, 0.25) is 0 Å². The highest BCUT2D eigenvalue weighted by molar-refractivity contribution is 5.87. The van der Waals surface area contributed by atoms with Gasteiger partial charge in [0.15, 0.2) is 0 Å². The Morgan fingerprint density at radius 3 is 2.61 bits per heavy atom. The Morgan fingerprint density at radius 2 is 2.00 bits per heavy atom. The van der Waals surface area contributed by atoms with E-state index < -0.39 is 0 Å². The number of nitrogens with zero attached hydrogens (tertiary/aromatic N) is 1. The van der Waals surface area contributed by atoms with E-state index >= 15 is 0 Å². The third-order valence-corrected chi connectivity index (χ3v) is 4.47. The molecule has 0 bridgehead atoms. The highest BCUT2D eigenvalue weighted by atomic mass is 16.2. The lowest BCUT2D eigenvalue weighted by Crippen LogP contribution is -2.39. The zero-order valence-corrected chi connectivity index (χ0v) is 11.4. The van der Waals surface area contributed by atoms with Crippen molar-refractivity contribution in [2.45, 2.75) is 51.5 Å². The Labute approximate surface area is 109 Å². The molecule has 1 N–H and O–H groups in total. The summed E-state index contributed by atoms with van der Waals surface area (Å²) in [6.07, 6.45) is 6.41. The predicted molar refractivity (Wildman–Crippen MR) is 69.9 cm³/mol. The van der Waals surface area contributed by atoms with Gasteiger partial charge in [-0.05, 0) is 18.8 Å². The molecule has 2 amide bonds. The van der Waals surface area contributed by atoms with Crippen molar-refractivity contribution >= 4 is 11.8 Å². The molecule has 4 nitrogen and oxygen atoms in total. The number of carbonyl (C=O) groups is 2. The van der Waals surface area contributed by atoms with Crippen LogP contribution in [0.5, 0.6) is 0 Å². The summed E-state index contributed by atoms with van der Waals surface area (Å²) in [6, 6.07) is 0.434. The number of hydrogen-bond acceptors (Lipinski definition) is 2. The summed E-state index contributed by atoms with van der Waals surface area (Å²) in [7, 11) is 1.63. The fraction of sp³-hybridized carbons (Fsp3) is 0.857. The highest BCUT2D eigenvalue weighted by Crippen LogP contribution is 2.33. The van der Waals surface area contributed by atoms with Gasteiger partial charge in [0, 0.05) is 26.1 Å². The van der Waals surface area contributed by atoms with Gasteiger partial charge in [-0.2, -0.15) is 0 Å². The minimum atomic E-state index is -0.105. The summed E-state index contributed by atoms with van der Waals surface area (Å²) in [5.74, 6) is 0.382. The molecule has 0 spiro atoms. The van der Waals surface area contributed by atoms with E-state index in [2.05, 4.69) is 17.1 Å². The van der Waals surface area contributed by atoms with Crippen molar-refractivity contribution in [2.75, 3.05) is 13.6 Å². The molecule has 2 fully saturated rings. The number of rotatable bonds is 3. The van der Waals surface area contributed by atoms with Crippen molar-refractivity contribution in [3.05, 3.63) is 0 Å². The Balaban J connectivity index is 1.99. The van der Waals surface area contributed by atoms with E-state index in [0.717, 1.165) is 19.4 Å². The monoisotopic (exact) mass is 252 g/mol. The largest absolute Gasteiger partial charge is 0.359 e. The smallest absolute Gasteiger partial charge is 0.226 e. The van der Waals surface area contributed by atoms with Gasteiger partial charge in [-0.15, -0.1) is 0 Å². The van der Waals surface area contributed by atoms with Crippen LogP contribution in [0, 0.1) is 11.8 Å². The summed E-state index contributed by atoms with van der Waals surface area (Å²) in [6.45, 7) is 2.93. The van der Waals surface area contributed by atoms with Crippen molar-refractivity contribution in [1.29, 1.82) is 0 Å². The minimum Gasteiger partial charge on any atom is -0.359 e. The zero-order chi connectivity index (χ0) is 13.1. The molecule has 1 heterocycles. The molecule has 2 rings (SSSR count). The number of likely N-dealkylation sites (tertiary alicyclic amines) is 1. The lowest BCUT2D eigenvalue weighted by Gasteiger charge is -2.31. The van der Waals surface area contributed by atoms with Crippen LogP contribution < -0.4 is 5.32 Å². The quantitative estimate of drug-likeness (QED) is 0.828. The van der Waals surface area contributed by atoms with Crippen LogP contribution in [0.15, 0.2) is 0 Å². The third-order valence-electron chi connectivity index (χ3n) is 4.47. The van der Waals surface area contributed by atoms with E-state index in [1.54, 1.807) is 7.05 Å². The molecule has 0 unspecified atom stereocenters. The van der Waals surface area contributed by atoms with Gasteiger partial charge in [-0.1, -0.05) is 26.2 Å². The predicted octanol–water partition coefficient (Wildman–Crippen LogP) is 1.55. The van der Waals surface area contributed by atoms with Crippen LogP contribution in [0.25, 0.3) is 0 Å². The molecule has 18 heavy (non-hydrogen) atoms. The minimum absolute atomic E-state index is 0.0225. The number of amides is 2. The van der Waals surface area contributed by atoms with Crippen LogP contribution in [0.4, 0.5) is 0 Å². The van der Waals surface area contributed by atoms with Crippen molar-refractivity contribution in [3.63, 3.8) is 0 Å². The molecule has 0 radical (unpaired) electrons. The Bertz CT molecular complexity index is 324. The second kappa shape index (κ2) is 5.72. The molecule has 1 aliphatic heterocycles.